The Bertz CT molecular complexity index is 1400. The summed E-state index contributed by atoms with van der Waals surface area (Å²) >= 11 is 0. The number of carbonyl (C=O) groups excluding carboxylic acids is 4. The number of likely N-dealkylation sites (N-methyl/N-ethyl adjacent to an activating group) is 1. The van der Waals surface area contributed by atoms with E-state index in [-0.39, 0.29) is 36.7 Å². The molecule has 0 saturated carbocycles. The minimum absolute atomic E-state index is 0.0264. The second-order valence-electron chi connectivity index (χ2n) is 14.7. The minimum atomic E-state index is -1.39. The van der Waals surface area contributed by atoms with Crippen molar-refractivity contribution < 1.29 is 33.4 Å². The number of hydrogen-bond acceptors (Lipinski definition) is 7. The SMILES string of the molecule is CCC(C)C(C(CC(=O)OC(C)(C)C)OC)N(C)C(=O)C(NC(=O)C(C)(C)NC(=O)OCC1c2ccccc2-c2ccccc21)C(C)C. The van der Waals surface area contributed by atoms with Crippen LogP contribution in [0.1, 0.15) is 92.2 Å². The summed E-state index contributed by atoms with van der Waals surface area (Å²) in [7, 11) is 3.18. The van der Waals surface area contributed by atoms with Crippen molar-refractivity contribution in [3.05, 3.63) is 59.7 Å². The van der Waals surface area contributed by atoms with Crippen LogP contribution >= 0.6 is 0 Å². The highest BCUT2D eigenvalue weighted by molar-refractivity contribution is 5.93. The molecule has 0 spiro atoms. The molecule has 48 heavy (non-hydrogen) atoms. The van der Waals surface area contributed by atoms with Crippen molar-refractivity contribution in [2.24, 2.45) is 11.8 Å². The number of esters is 1. The average Bonchev–Trinajstić information content (AvgIpc) is 3.33. The first-order valence-electron chi connectivity index (χ1n) is 16.9. The molecular weight excluding hydrogens is 610 g/mol. The molecule has 3 amide bonds. The predicted molar refractivity (Wildman–Crippen MR) is 186 cm³/mol. The number of ether oxygens (including phenoxy) is 3. The minimum Gasteiger partial charge on any atom is -0.460 e. The summed E-state index contributed by atoms with van der Waals surface area (Å²) in [5.74, 6) is -1.71. The van der Waals surface area contributed by atoms with Gasteiger partial charge in [0.05, 0.1) is 18.6 Å². The average molecular weight is 666 g/mol. The number of benzene rings is 2. The maximum Gasteiger partial charge on any atom is 0.408 e. The van der Waals surface area contributed by atoms with E-state index in [1.54, 1.807) is 46.6 Å². The van der Waals surface area contributed by atoms with Gasteiger partial charge in [0, 0.05) is 20.1 Å². The number of amides is 3. The molecule has 0 radical (unpaired) electrons. The number of hydrogen-bond donors (Lipinski definition) is 2. The summed E-state index contributed by atoms with van der Waals surface area (Å²) < 4.78 is 17.0. The smallest absolute Gasteiger partial charge is 0.408 e. The van der Waals surface area contributed by atoms with Gasteiger partial charge < -0.3 is 29.7 Å². The Morgan fingerprint density at radius 2 is 1.44 bits per heavy atom. The van der Waals surface area contributed by atoms with E-state index in [0.29, 0.717) is 0 Å². The van der Waals surface area contributed by atoms with Gasteiger partial charge >= 0.3 is 12.1 Å². The Morgan fingerprint density at radius 3 is 1.92 bits per heavy atom. The van der Waals surface area contributed by atoms with Gasteiger partial charge in [-0.25, -0.2) is 4.79 Å². The van der Waals surface area contributed by atoms with Crippen molar-refractivity contribution in [1.82, 2.24) is 15.5 Å². The van der Waals surface area contributed by atoms with E-state index in [4.69, 9.17) is 14.2 Å². The lowest BCUT2D eigenvalue weighted by Crippen LogP contribution is -2.62. The van der Waals surface area contributed by atoms with Gasteiger partial charge in [0.2, 0.25) is 11.8 Å². The molecule has 3 rings (SSSR count). The number of methoxy groups -OCH3 is 1. The zero-order valence-corrected chi connectivity index (χ0v) is 30.5. The van der Waals surface area contributed by atoms with E-state index in [1.807, 2.05) is 64.1 Å². The van der Waals surface area contributed by atoms with Crippen molar-refractivity contribution in [3.63, 3.8) is 0 Å². The fourth-order valence-electron chi connectivity index (χ4n) is 6.28. The van der Waals surface area contributed by atoms with Gasteiger partial charge in [-0.1, -0.05) is 82.6 Å². The summed E-state index contributed by atoms with van der Waals surface area (Å²) in [6.45, 7) is 16.3. The van der Waals surface area contributed by atoms with E-state index < -0.39 is 47.3 Å². The molecule has 0 aromatic heterocycles. The van der Waals surface area contributed by atoms with Gasteiger partial charge in [-0.05, 0) is 68.7 Å². The van der Waals surface area contributed by atoms with Crippen molar-refractivity contribution in [3.8, 4) is 11.1 Å². The lowest BCUT2D eigenvalue weighted by molar-refractivity contribution is -0.161. The highest BCUT2D eigenvalue weighted by Gasteiger charge is 2.40. The maximum atomic E-state index is 14.0. The lowest BCUT2D eigenvalue weighted by Gasteiger charge is -2.40. The number of nitrogens with zero attached hydrogens (tertiary/aromatic N) is 1. The molecule has 2 aromatic rings. The van der Waals surface area contributed by atoms with Gasteiger partial charge in [0.25, 0.3) is 0 Å². The lowest BCUT2D eigenvalue weighted by atomic mass is 9.90. The molecule has 10 heteroatoms. The van der Waals surface area contributed by atoms with Crippen molar-refractivity contribution in [1.29, 1.82) is 0 Å². The third-order valence-electron chi connectivity index (χ3n) is 9.04. The molecule has 2 N–H and O–H groups in total. The van der Waals surface area contributed by atoms with Crippen LogP contribution in [0.5, 0.6) is 0 Å². The number of carbonyl (C=O) groups is 4. The Balaban J connectivity index is 1.69. The first-order valence-corrected chi connectivity index (χ1v) is 16.9. The second-order valence-corrected chi connectivity index (χ2v) is 14.7. The van der Waals surface area contributed by atoms with E-state index in [1.165, 1.54) is 7.11 Å². The quantitative estimate of drug-likeness (QED) is 0.235. The van der Waals surface area contributed by atoms with Gasteiger partial charge in [0.1, 0.15) is 23.8 Å². The Hall–Kier alpha value is -3.92. The van der Waals surface area contributed by atoms with Crippen LogP contribution < -0.4 is 10.6 Å². The molecule has 264 valence electrons. The van der Waals surface area contributed by atoms with Crippen molar-refractivity contribution >= 4 is 23.9 Å². The van der Waals surface area contributed by atoms with Gasteiger partial charge in [-0.15, -0.1) is 0 Å². The first kappa shape index (κ1) is 38.5. The van der Waals surface area contributed by atoms with Crippen molar-refractivity contribution in [2.45, 2.75) is 110 Å². The number of alkyl carbamates (subject to hydrolysis) is 1. The van der Waals surface area contributed by atoms with Crippen LogP contribution in [0.2, 0.25) is 0 Å². The Labute approximate surface area is 286 Å². The van der Waals surface area contributed by atoms with Crippen LogP contribution in [0.15, 0.2) is 48.5 Å². The molecule has 1 aliphatic rings. The van der Waals surface area contributed by atoms with Crippen LogP contribution in [0.4, 0.5) is 4.79 Å². The van der Waals surface area contributed by atoms with Crippen LogP contribution in [-0.4, -0.2) is 78.9 Å². The summed E-state index contributed by atoms with van der Waals surface area (Å²) in [5, 5.41) is 5.56. The third-order valence-corrected chi connectivity index (χ3v) is 9.04. The maximum absolute atomic E-state index is 14.0. The van der Waals surface area contributed by atoms with E-state index in [9.17, 15) is 19.2 Å². The predicted octanol–water partition coefficient (Wildman–Crippen LogP) is 6.06. The molecule has 10 nitrogen and oxygen atoms in total. The molecule has 0 fully saturated rings. The third kappa shape index (κ3) is 9.36. The number of rotatable bonds is 14. The molecule has 0 heterocycles. The zero-order valence-electron chi connectivity index (χ0n) is 30.5. The van der Waals surface area contributed by atoms with E-state index >= 15 is 0 Å². The second kappa shape index (κ2) is 16.0. The van der Waals surface area contributed by atoms with Gasteiger partial charge in [0.15, 0.2) is 0 Å². The molecular formula is C38H55N3O7. The monoisotopic (exact) mass is 665 g/mol. The summed E-state index contributed by atoms with van der Waals surface area (Å²) in [5.41, 5.74) is 2.36. The van der Waals surface area contributed by atoms with Crippen molar-refractivity contribution in [2.75, 3.05) is 20.8 Å². The zero-order chi connectivity index (χ0) is 36.0. The van der Waals surface area contributed by atoms with Gasteiger partial charge in [-0.2, -0.15) is 0 Å². The highest BCUT2D eigenvalue weighted by Crippen LogP contribution is 2.44. The van der Waals surface area contributed by atoms with Crippen LogP contribution in [0.25, 0.3) is 11.1 Å². The number of nitrogens with one attached hydrogen (secondary N) is 2. The number of fused-ring (bicyclic) bond motifs is 3. The molecule has 0 aliphatic heterocycles. The summed E-state index contributed by atoms with van der Waals surface area (Å²) in [6.07, 6.45) is -0.662. The fourth-order valence-corrected chi connectivity index (χ4v) is 6.28. The topological polar surface area (TPSA) is 123 Å². The molecule has 0 saturated heterocycles. The van der Waals surface area contributed by atoms with Crippen LogP contribution in [0, 0.1) is 11.8 Å². The van der Waals surface area contributed by atoms with Gasteiger partial charge in [-0.3, -0.25) is 14.4 Å². The van der Waals surface area contributed by atoms with E-state index in [2.05, 4.69) is 22.8 Å². The first-order chi connectivity index (χ1) is 22.4. The molecule has 1 aliphatic carbocycles. The summed E-state index contributed by atoms with van der Waals surface area (Å²) in [6, 6.07) is 14.7. The standard InChI is InChI=1S/C38H55N3O7/c1-12-24(4)33(30(46-11)21-31(42)48-37(5,6)7)41(10)34(43)32(23(2)3)39-35(44)38(8,9)40-36(45)47-22-29-27-19-15-13-17-25(27)26-18-14-16-20-28(26)29/h13-20,23-24,29-30,32-33H,12,21-22H2,1-11H3,(H,39,44)(H,40,45). The molecule has 0 bridgehead atoms. The Morgan fingerprint density at radius 1 is 0.896 bits per heavy atom. The fraction of sp³-hybridized carbons (Fsp3) is 0.579. The largest absolute Gasteiger partial charge is 0.460 e. The highest BCUT2D eigenvalue weighted by atomic mass is 16.6. The normalized spacial score (nSPS) is 15.4. The summed E-state index contributed by atoms with van der Waals surface area (Å²) in [4.78, 5) is 55.0. The molecule has 4 atom stereocenters. The molecule has 4 unspecified atom stereocenters. The van der Waals surface area contributed by atoms with E-state index in [0.717, 1.165) is 28.7 Å². The molecule has 2 aromatic carbocycles. The Kier molecular flexibility index (Phi) is 12.8. The van der Waals surface area contributed by atoms with Crippen LogP contribution in [0.3, 0.4) is 0 Å². The van der Waals surface area contributed by atoms with Crippen LogP contribution in [-0.2, 0) is 28.6 Å².